The highest BCUT2D eigenvalue weighted by Gasteiger charge is 2.17. The summed E-state index contributed by atoms with van der Waals surface area (Å²) >= 11 is 0. The molecule has 5 heteroatoms. The number of aromatic nitrogens is 2. The van der Waals surface area contributed by atoms with Crippen molar-refractivity contribution >= 4 is 5.91 Å². The summed E-state index contributed by atoms with van der Waals surface area (Å²) in [5.41, 5.74) is 3.64. The SMILES string of the molecule is CCc1c(C(=O)NCc2ccco2)cnn1-c1ccc(C)cc1. The molecule has 2 aromatic heterocycles. The van der Waals surface area contributed by atoms with E-state index in [4.69, 9.17) is 4.42 Å². The Labute approximate surface area is 134 Å². The highest BCUT2D eigenvalue weighted by Crippen LogP contribution is 2.16. The zero-order valence-corrected chi connectivity index (χ0v) is 13.2. The Morgan fingerprint density at radius 3 is 2.70 bits per heavy atom. The van der Waals surface area contributed by atoms with Crippen LogP contribution in [-0.2, 0) is 13.0 Å². The van der Waals surface area contributed by atoms with Crippen LogP contribution in [0.2, 0.25) is 0 Å². The van der Waals surface area contributed by atoms with Gasteiger partial charge in [0.25, 0.3) is 5.91 Å². The van der Waals surface area contributed by atoms with E-state index in [9.17, 15) is 4.79 Å². The molecule has 0 saturated carbocycles. The number of benzene rings is 1. The van der Waals surface area contributed by atoms with Crippen molar-refractivity contribution in [1.82, 2.24) is 15.1 Å². The third-order valence-corrected chi connectivity index (χ3v) is 3.73. The van der Waals surface area contributed by atoms with Crippen molar-refractivity contribution in [2.45, 2.75) is 26.8 Å². The molecule has 0 fully saturated rings. The Morgan fingerprint density at radius 2 is 2.04 bits per heavy atom. The molecule has 1 amide bonds. The minimum atomic E-state index is -0.142. The highest BCUT2D eigenvalue weighted by molar-refractivity contribution is 5.95. The van der Waals surface area contributed by atoms with Crippen LogP contribution in [0.1, 0.15) is 34.3 Å². The van der Waals surface area contributed by atoms with Gasteiger partial charge in [-0.3, -0.25) is 4.79 Å². The molecular formula is C18H19N3O2. The van der Waals surface area contributed by atoms with Gasteiger partial charge in [-0.05, 0) is 37.6 Å². The van der Waals surface area contributed by atoms with Gasteiger partial charge in [0.1, 0.15) is 5.76 Å². The Morgan fingerprint density at radius 1 is 1.26 bits per heavy atom. The number of rotatable bonds is 5. The molecule has 3 aromatic rings. The van der Waals surface area contributed by atoms with E-state index in [0.29, 0.717) is 12.1 Å². The molecule has 1 aromatic carbocycles. The predicted molar refractivity (Wildman–Crippen MR) is 87.6 cm³/mol. The van der Waals surface area contributed by atoms with Gasteiger partial charge in [-0.25, -0.2) is 4.68 Å². The molecule has 0 unspecified atom stereocenters. The Hall–Kier alpha value is -2.82. The molecule has 0 aliphatic carbocycles. The molecule has 1 N–H and O–H groups in total. The molecule has 0 radical (unpaired) electrons. The predicted octanol–water partition coefficient (Wildman–Crippen LogP) is 3.27. The summed E-state index contributed by atoms with van der Waals surface area (Å²) in [6.07, 6.45) is 3.93. The quantitative estimate of drug-likeness (QED) is 0.787. The minimum Gasteiger partial charge on any atom is -0.467 e. The zero-order chi connectivity index (χ0) is 16.2. The lowest BCUT2D eigenvalue weighted by molar-refractivity contribution is 0.0947. The second-order valence-electron chi connectivity index (χ2n) is 5.37. The van der Waals surface area contributed by atoms with E-state index in [0.717, 1.165) is 23.6 Å². The summed E-state index contributed by atoms with van der Waals surface area (Å²) in [5.74, 6) is 0.582. The topological polar surface area (TPSA) is 60.1 Å². The van der Waals surface area contributed by atoms with E-state index in [2.05, 4.69) is 10.4 Å². The van der Waals surface area contributed by atoms with Gasteiger partial charge in [0.2, 0.25) is 0 Å². The van der Waals surface area contributed by atoms with E-state index < -0.39 is 0 Å². The molecule has 0 spiro atoms. The average molecular weight is 309 g/mol. The number of carbonyl (C=O) groups excluding carboxylic acids is 1. The molecular weight excluding hydrogens is 290 g/mol. The van der Waals surface area contributed by atoms with Crippen molar-refractivity contribution in [1.29, 1.82) is 0 Å². The van der Waals surface area contributed by atoms with Gasteiger partial charge < -0.3 is 9.73 Å². The molecule has 23 heavy (non-hydrogen) atoms. The molecule has 0 bridgehead atoms. The number of hydrogen-bond donors (Lipinski definition) is 1. The smallest absolute Gasteiger partial charge is 0.255 e. The summed E-state index contributed by atoms with van der Waals surface area (Å²) < 4.78 is 7.05. The van der Waals surface area contributed by atoms with Crippen LogP contribution < -0.4 is 5.32 Å². The number of hydrogen-bond acceptors (Lipinski definition) is 3. The van der Waals surface area contributed by atoms with Crippen LogP contribution in [0.4, 0.5) is 0 Å². The third kappa shape index (κ3) is 3.18. The van der Waals surface area contributed by atoms with Crippen LogP contribution in [-0.4, -0.2) is 15.7 Å². The van der Waals surface area contributed by atoms with Crippen LogP contribution >= 0.6 is 0 Å². The Balaban J connectivity index is 1.82. The van der Waals surface area contributed by atoms with Crippen LogP contribution in [0.25, 0.3) is 5.69 Å². The van der Waals surface area contributed by atoms with Gasteiger partial charge in [-0.1, -0.05) is 24.6 Å². The maximum atomic E-state index is 12.4. The molecule has 2 heterocycles. The minimum absolute atomic E-state index is 0.142. The first-order valence-corrected chi connectivity index (χ1v) is 7.63. The number of nitrogens with one attached hydrogen (secondary N) is 1. The van der Waals surface area contributed by atoms with E-state index in [1.54, 1.807) is 18.5 Å². The van der Waals surface area contributed by atoms with Crippen molar-refractivity contribution in [3.05, 3.63) is 71.4 Å². The van der Waals surface area contributed by atoms with E-state index in [-0.39, 0.29) is 5.91 Å². The summed E-state index contributed by atoms with van der Waals surface area (Å²) in [4.78, 5) is 12.4. The zero-order valence-electron chi connectivity index (χ0n) is 13.2. The van der Waals surface area contributed by atoms with Crippen LogP contribution in [0.3, 0.4) is 0 Å². The molecule has 3 rings (SSSR count). The Bertz CT molecular complexity index is 786. The van der Waals surface area contributed by atoms with Crippen molar-refractivity contribution in [2.24, 2.45) is 0 Å². The fourth-order valence-corrected chi connectivity index (χ4v) is 2.49. The molecule has 5 nitrogen and oxygen atoms in total. The van der Waals surface area contributed by atoms with Crippen molar-refractivity contribution in [3.8, 4) is 5.69 Å². The number of furan rings is 1. The first kappa shape index (κ1) is 15.1. The van der Waals surface area contributed by atoms with Crippen molar-refractivity contribution in [2.75, 3.05) is 0 Å². The highest BCUT2D eigenvalue weighted by atomic mass is 16.3. The van der Waals surface area contributed by atoms with Gasteiger partial charge >= 0.3 is 0 Å². The largest absolute Gasteiger partial charge is 0.467 e. The lowest BCUT2D eigenvalue weighted by atomic mass is 10.1. The average Bonchev–Trinajstić information content (AvgIpc) is 3.22. The standard InChI is InChI=1S/C18H19N3O2/c1-3-17-16(18(22)19-11-15-5-4-10-23-15)12-20-21(17)14-8-6-13(2)7-9-14/h4-10,12H,3,11H2,1-2H3,(H,19,22). The number of carbonyl (C=O) groups is 1. The fraction of sp³-hybridized carbons (Fsp3) is 0.222. The van der Waals surface area contributed by atoms with E-state index in [1.165, 1.54) is 5.56 Å². The maximum Gasteiger partial charge on any atom is 0.255 e. The number of nitrogens with zero attached hydrogens (tertiary/aromatic N) is 2. The van der Waals surface area contributed by atoms with E-state index in [1.807, 2.05) is 48.9 Å². The number of aryl methyl sites for hydroxylation is 1. The second kappa shape index (κ2) is 6.52. The van der Waals surface area contributed by atoms with Crippen LogP contribution in [0, 0.1) is 6.92 Å². The third-order valence-electron chi connectivity index (χ3n) is 3.73. The summed E-state index contributed by atoms with van der Waals surface area (Å²) in [5, 5.41) is 7.25. The van der Waals surface area contributed by atoms with Gasteiger partial charge in [0.15, 0.2) is 0 Å². The molecule has 0 aliphatic heterocycles. The van der Waals surface area contributed by atoms with E-state index >= 15 is 0 Å². The summed E-state index contributed by atoms with van der Waals surface area (Å²) in [7, 11) is 0. The fourth-order valence-electron chi connectivity index (χ4n) is 2.49. The van der Waals surface area contributed by atoms with Gasteiger partial charge in [0.05, 0.1) is 35.9 Å². The monoisotopic (exact) mass is 309 g/mol. The summed E-state index contributed by atoms with van der Waals surface area (Å²) in [6, 6.07) is 11.7. The van der Waals surface area contributed by atoms with Crippen molar-refractivity contribution in [3.63, 3.8) is 0 Å². The summed E-state index contributed by atoms with van der Waals surface area (Å²) in [6.45, 7) is 4.43. The van der Waals surface area contributed by atoms with Gasteiger partial charge in [-0.2, -0.15) is 5.10 Å². The lowest BCUT2D eigenvalue weighted by Crippen LogP contribution is -2.23. The van der Waals surface area contributed by atoms with Crippen LogP contribution in [0.15, 0.2) is 53.3 Å². The first-order chi connectivity index (χ1) is 11.2. The molecule has 0 atom stereocenters. The number of amides is 1. The second-order valence-corrected chi connectivity index (χ2v) is 5.37. The lowest BCUT2D eigenvalue weighted by Gasteiger charge is -2.08. The molecule has 0 aliphatic rings. The van der Waals surface area contributed by atoms with Crippen LogP contribution in [0.5, 0.6) is 0 Å². The normalized spacial score (nSPS) is 10.7. The molecule has 118 valence electrons. The van der Waals surface area contributed by atoms with Crippen molar-refractivity contribution < 1.29 is 9.21 Å². The van der Waals surface area contributed by atoms with Gasteiger partial charge in [0, 0.05) is 0 Å². The maximum absolute atomic E-state index is 12.4. The Kier molecular flexibility index (Phi) is 4.28. The van der Waals surface area contributed by atoms with Gasteiger partial charge in [-0.15, -0.1) is 0 Å². The first-order valence-electron chi connectivity index (χ1n) is 7.63. The molecule has 0 saturated heterocycles.